The maximum absolute atomic E-state index is 3.41. The van der Waals surface area contributed by atoms with Crippen molar-refractivity contribution in [3.63, 3.8) is 0 Å². The van der Waals surface area contributed by atoms with Gasteiger partial charge in [-0.05, 0) is 44.6 Å². The van der Waals surface area contributed by atoms with Gasteiger partial charge in [0.15, 0.2) is 0 Å². The zero-order valence-electron chi connectivity index (χ0n) is 10.6. The van der Waals surface area contributed by atoms with E-state index in [1.165, 1.54) is 45.2 Å². The Kier molecular flexibility index (Phi) is 3.36. The molecule has 1 saturated carbocycles. The number of hydrogen-bond acceptors (Lipinski definition) is 2. The molecule has 88 valence electrons. The fourth-order valence-corrected chi connectivity index (χ4v) is 3.10. The second-order valence-corrected chi connectivity index (χ2v) is 6.16. The largest absolute Gasteiger partial charge is 0.316 e. The van der Waals surface area contributed by atoms with Crippen LogP contribution in [-0.4, -0.2) is 37.1 Å². The predicted molar refractivity (Wildman–Crippen MR) is 65.1 cm³/mol. The van der Waals surface area contributed by atoms with Gasteiger partial charge in [-0.3, -0.25) is 4.90 Å². The Hall–Kier alpha value is -0.0800. The van der Waals surface area contributed by atoms with Crippen molar-refractivity contribution in [2.24, 2.45) is 5.41 Å². The van der Waals surface area contributed by atoms with Crippen LogP contribution < -0.4 is 5.32 Å². The zero-order chi connectivity index (χ0) is 10.9. The van der Waals surface area contributed by atoms with E-state index in [4.69, 9.17) is 0 Å². The lowest BCUT2D eigenvalue weighted by atomic mass is 9.75. The van der Waals surface area contributed by atoms with Crippen LogP contribution in [0, 0.1) is 5.41 Å². The minimum absolute atomic E-state index is 0.610. The SMILES string of the molecule is CN[C@@H]1CCN(C2CCC(C)(C)CC2)C1. The molecule has 0 radical (unpaired) electrons. The molecule has 1 saturated heterocycles. The molecule has 2 rings (SSSR count). The van der Waals surface area contributed by atoms with Gasteiger partial charge >= 0.3 is 0 Å². The smallest absolute Gasteiger partial charge is 0.0204 e. The van der Waals surface area contributed by atoms with Crippen LogP contribution >= 0.6 is 0 Å². The Morgan fingerprint density at radius 3 is 2.33 bits per heavy atom. The van der Waals surface area contributed by atoms with Crippen molar-refractivity contribution in [2.45, 2.75) is 58.0 Å². The lowest BCUT2D eigenvalue weighted by Crippen LogP contribution is -2.40. The fraction of sp³-hybridized carbons (Fsp3) is 1.00. The van der Waals surface area contributed by atoms with Gasteiger partial charge in [-0.15, -0.1) is 0 Å². The molecule has 0 unspecified atom stereocenters. The minimum atomic E-state index is 0.610. The summed E-state index contributed by atoms with van der Waals surface area (Å²) in [4.78, 5) is 2.72. The summed E-state index contributed by atoms with van der Waals surface area (Å²) >= 11 is 0. The molecule has 2 heteroatoms. The molecule has 15 heavy (non-hydrogen) atoms. The Morgan fingerprint density at radius 1 is 1.13 bits per heavy atom. The molecule has 0 bridgehead atoms. The number of nitrogens with one attached hydrogen (secondary N) is 1. The highest BCUT2D eigenvalue weighted by Gasteiger charge is 2.33. The van der Waals surface area contributed by atoms with Crippen LogP contribution in [0.5, 0.6) is 0 Å². The van der Waals surface area contributed by atoms with Gasteiger partial charge in [-0.25, -0.2) is 0 Å². The van der Waals surface area contributed by atoms with Gasteiger partial charge in [-0.2, -0.15) is 0 Å². The zero-order valence-corrected chi connectivity index (χ0v) is 10.6. The Balaban J connectivity index is 1.81. The van der Waals surface area contributed by atoms with Gasteiger partial charge in [0.25, 0.3) is 0 Å². The second kappa shape index (κ2) is 4.42. The number of rotatable bonds is 2. The molecule has 1 atom stereocenters. The van der Waals surface area contributed by atoms with E-state index in [0.29, 0.717) is 5.41 Å². The summed E-state index contributed by atoms with van der Waals surface area (Å²) in [6.07, 6.45) is 7.01. The van der Waals surface area contributed by atoms with Crippen molar-refractivity contribution in [3.8, 4) is 0 Å². The Labute approximate surface area is 94.4 Å². The summed E-state index contributed by atoms with van der Waals surface area (Å²) < 4.78 is 0. The Bertz CT molecular complexity index is 203. The first-order valence-corrected chi connectivity index (χ1v) is 6.52. The molecule has 1 aliphatic carbocycles. The number of hydrogen-bond donors (Lipinski definition) is 1. The van der Waals surface area contributed by atoms with Gasteiger partial charge in [0, 0.05) is 25.2 Å². The van der Waals surface area contributed by atoms with E-state index in [0.717, 1.165) is 12.1 Å². The number of nitrogens with zero attached hydrogens (tertiary/aromatic N) is 1. The first-order valence-electron chi connectivity index (χ1n) is 6.52. The number of likely N-dealkylation sites (tertiary alicyclic amines) is 1. The van der Waals surface area contributed by atoms with Crippen molar-refractivity contribution >= 4 is 0 Å². The summed E-state index contributed by atoms with van der Waals surface area (Å²) in [5.74, 6) is 0. The van der Waals surface area contributed by atoms with Crippen molar-refractivity contribution in [1.82, 2.24) is 10.2 Å². The van der Waals surface area contributed by atoms with Crippen LogP contribution in [0.25, 0.3) is 0 Å². The molecule has 0 aromatic heterocycles. The third-order valence-electron chi connectivity index (χ3n) is 4.45. The lowest BCUT2D eigenvalue weighted by molar-refractivity contribution is 0.125. The van der Waals surface area contributed by atoms with E-state index >= 15 is 0 Å². The second-order valence-electron chi connectivity index (χ2n) is 6.16. The molecule has 0 spiro atoms. The van der Waals surface area contributed by atoms with Crippen LogP contribution in [-0.2, 0) is 0 Å². The molecule has 0 amide bonds. The van der Waals surface area contributed by atoms with E-state index in [1.54, 1.807) is 0 Å². The molecule has 1 heterocycles. The van der Waals surface area contributed by atoms with E-state index in [-0.39, 0.29) is 0 Å². The molecule has 2 nitrogen and oxygen atoms in total. The average molecular weight is 210 g/mol. The molecular weight excluding hydrogens is 184 g/mol. The van der Waals surface area contributed by atoms with Crippen molar-refractivity contribution in [1.29, 1.82) is 0 Å². The Morgan fingerprint density at radius 2 is 1.80 bits per heavy atom. The third kappa shape index (κ3) is 2.73. The molecule has 0 aromatic rings. The van der Waals surface area contributed by atoms with E-state index < -0.39 is 0 Å². The van der Waals surface area contributed by atoms with Crippen molar-refractivity contribution in [3.05, 3.63) is 0 Å². The van der Waals surface area contributed by atoms with Crippen molar-refractivity contribution < 1.29 is 0 Å². The van der Waals surface area contributed by atoms with E-state index in [9.17, 15) is 0 Å². The van der Waals surface area contributed by atoms with Gasteiger partial charge < -0.3 is 5.32 Å². The maximum atomic E-state index is 3.41. The van der Waals surface area contributed by atoms with Crippen LogP contribution in [0.15, 0.2) is 0 Å². The summed E-state index contributed by atoms with van der Waals surface area (Å²) in [5, 5.41) is 3.41. The fourth-order valence-electron chi connectivity index (χ4n) is 3.10. The van der Waals surface area contributed by atoms with Gasteiger partial charge in [0.2, 0.25) is 0 Å². The lowest BCUT2D eigenvalue weighted by Gasteiger charge is -2.38. The van der Waals surface area contributed by atoms with E-state index in [2.05, 4.69) is 31.1 Å². The summed E-state index contributed by atoms with van der Waals surface area (Å²) in [5.41, 5.74) is 0.610. The molecular formula is C13H26N2. The minimum Gasteiger partial charge on any atom is -0.316 e. The van der Waals surface area contributed by atoms with Gasteiger partial charge in [0.1, 0.15) is 0 Å². The predicted octanol–water partition coefficient (Wildman–Crippen LogP) is 2.25. The van der Waals surface area contributed by atoms with Crippen LogP contribution in [0.3, 0.4) is 0 Å². The molecule has 2 aliphatic rings. The van der Waals surface area contributed by atoms with E-state index in [1.807, 2.05) is 0 Å². The highest BCUT2D eigenvalue weighted by atomic mass is 15.2. The molecule has 1 aliphatic heterocycles. The van der Waals surface area contributed by atoms with Crippen LogP contribution in [0.4, 0.5) is 0 Å². The normalized spacial score (nSPS) is 33.4. The van der Waals surface area contributed by atoms with Crippen molar-refractivity contribution in [2.75, 3.05) is 20.1 Å². The quantitative estimate of drug-likeness (QED) is 0.752. The summed E-state index contributed by atoms with van der Waals surface area (Å²) in [7, 11) is 2.10. The first kappa shape index (κ1) is 11.4. The van der Waals surface area contributed by atoms with Crippen LogP contribution in [0.1, 0.15) is 46.0 Å². The first-order chi connectivity index (χ1) is 7.11. The maximum Gasteiger partial charge on any atom is 0.0204 e. The summed E-state index contributed by atoms with van der Waals surface area (Å²) in [6.45, 7) is 7.44. The topological polar surface area (TPSA) is 15.3 Å². The third-order valence-corrected chi connectivity index (χ3v) is 4.45. The molecule has 1 N–H and O–H groups in total. The highest BCUT2D eigenvalue weighted by molar-refractivity contribution is 4.89. The van der Waals surface area contributed by atoms with Gasteiger partial charge in [-0.1, -0.05) is 13.8 Å². The number of likely N-dealkylation sites (N-methyl/N-ethyl adjacent to an activating group) is 1. The monoisotopic (exact) mass is 210 g/mol. The summed E-state index contributed by atoms with van der Waals surface area (Å²) in [6, 6.07) is 1.64. The van der Waals surface area contributed by atoms with Gasteiger partial charge in [0.05, 0.1) is 0 Å². The standard InChI is InChI=1S/C13H26N2/c1-13(2)7-4-12(5-8-13)15-9-6-11(10-15)14-3/h11-12,14H,4-10H2,1-3H3/t11-/m1/s1. The molecule has 2 fully saturated rings. The molecule has 0 aromatic carbocycles. The average Bonchev–Trinajstić information content (AvgIpc) is 2.66. The van der Waals surface area contributed by atoms with Crippen LogP contribution in [0.2, 0.25) is 0 Å². The highest BCUT2D eigenvalue weighted by Crippen LogP contribution is 2.37.